The maximum absolute atomic E-state index is 6.45. The van der Waals surface area contributed by atoms with Crippen molar-refractivity contribution in [3.63, 3.8) is 0 Å². The lowest BCUT2D eigenvalue weighted by atomic mass is 10.1. The highest BCUT2D eigenvalue weighted by Crippen LogP contribution is 2.31. The van der Waals surface area contributed by atoms with Crippen LogP contribution in [0.5, 0.6) is 0 Å². The highest BCUT2D eigenvalue weighted by Gasteiger charge is 2.25. The molecule has 0 amide bonds. The van der Waals surface area contributed by atoms with Crippen LogP contribution in [-0.2, 0) is 0 Å². The lowest BCUT2D eigenvalue weighted by Gasteiger charge is -2.19. The van der Waals surface area contributed by atoms with E-state index in [1.165, 1.54) is 0 Å². The molecule has 21 heavy (non-hydrogen) atoms. The number of pyridine rings is 1. The van der Waals surface area contributed by atoms with Crippen molar-refractivity contribution in [2.75, 3.05) is 0 Å². The summed E-state index contributed by atoms with van der Waals surface area (Å²) in [5.41, 5.74) is 3.12. The van der Waals surface area contributed by atoms with E-state index in [4.69, 9.17) is 16.7 Å². The molecule has 0 aliphatic rings. The van der Waals surface area contributed by atoms with Gasteiger partial charge in [0.25, 0.3) is 0 Å². The largest absolute Gasteiger partial charge is 0.239 e. The number of hydrogen-bond acceptors (Lipinski definition) is 1. The van der Waals surface area contributed by atoms with Crippen molar-refractivity contribution >= 4 is 46.4 Å². The second kappa shape index (κ2) is 5.27. The number of rotatable bonds is 2. The van der Waals surface area contributed by atoms with Gasteiger partial charge in [0.1, 0.15) is 13.8 Å². The molecule has 0 aliphatic carbocycles. The van der Waals surface area contributed by atoms with E-state index in [2.05, 4.69) is 47.7 Å². The van der Waals surface area contributed by atoms with Crippen LogP contribution in [0.15, 0.2) is 46.9 Å². The SMILES string of the molecule is C[Si](C)(C)c1c(Cl)ccc2c(Br)c(-c3ccccc3)nn12. The van der Waals surface area contributed by atoms with Gasteiger partial charge in [-0.1, -0.05) is 61.6 Å². The van der Waals surface area contributed by atoms with Crippen LogP contribution in [0.4, 0.5) is 0 Å². The van der Waals surface area contributed by atoms with Gasteiger partial charge in [-0.3, -0.25) is 0 Å². The van der Waals surface area contributed by atoms with Gasteiger partial charge in [-0.25, -0.2) is 4.52 Å². The molecule has 108 valence electrons. The molecule has 0 fully saturated rings. The fourth-order valence-electron chi connectivity index (χ4n) is 2.51. The van der Waals surface area contributed by atoms with E-state index in [1.54, 1.807) is 0 Å². The van der Waals surface area contributed by atoms with Gasteiger partial charge in [0, 0.05) is 10.9 Å². The Morgan fingerprint density at radius 3 is 2.33 bits per heavy atom. The standard InChI is InChI=1S/C16H16BrClN2Si/c1-21(2,3)16-12(18)9-10-13-14(17)15(19-20(13)16)11-7-5-4-6-8-11/h4-10H,1-3H3. The first kappa shape index (κ1) is 14.8. The number of fused-ring (bicyclic) bond motifs is 1. The van der Waals surface area contributed by atoms with Crippen LogP contribution >= 0.6 is 27.5 Å². The quantitative estimate of drug-likeness (QED) is 0.575. The second-order valence-corrected chi connectivity index (χ2v) is 12.3. The second-order valence-electron chi connectivity index (χ2n) is 6.11. The predicted molar refractivity (Wildman–Crippen MR) is 96.3 cm³/mol. The lowest BCUT2D eigenvalue weighted by Crippen LogP contribution is -2.43. The van der Waals surface area contributed by atoms with Gasteiger partial charge in [-0.05, 0) is 28.1 Å². The fourth-order valence-corrected chi connectivity index (χ4v) is 5.72. The van der Waals surface area contributed by atoms with Crippen LogP contribution in [0.3, 0.4) is 0 Å². The number of halogens is 2. The first-order chi connectivity index (χ1) is 9.89. The van der Waals surface area contributed by atoms with Gasteiger partial charge in [0.15, 0.2) is 0 Å². The predicted octanol–water partition coefficient (Wildman–Crippen LogP) is 4.96. The van der Waals surface area contributed by atoms with E-state index in [0.29, 0.717) is 0 Å². The highest BCUT2D eigenvalue weighted by atomic mass is 79.9. The van der Waals surface area contributed by atoms with Crippen LogP contribution in [-0.4, -0.2) is 17.7 Å². The van der Waals surface area contributed by atoms with Gasteiger partial charge < -0.3 is 0 Å². The molecule has 0 atom stereocenters. The summed E-state index contributed by atoms with van der Waals surface area (Å²) >= 11 is 10.2. The molecule has 0 N–H and O–H groups in total. The Balaban J connectivity index is 2.35. The molecule has 0 spiro atoms. The van der Waals surface area contributed by atoms with E-state index >= 15 is 0 Å². The summed E-state index contributed by atoms with van der Waals surface area (Å²) in [6.45, 7) is 6.85. The zero-order chi connectivity index (χ0) is 15.2. The smallest absolute Gasteiger partial charge is 0.108 e. The fraction of sp³-hybridized carbons (Fsp3) is 0.188. The minimum atomic E-state index is -1.61. The van der Waals surface area contributed by atoms with E-state index in [-0.39, 0.29) is 0 Å². The molecule has 3 aromatic rings. The van der Waals surface area contributed by atoms with Crippen molar-refractivity contribution in [3.05, 3.63) is 52.0 Å². The average Bonchev–Trinajstić information content (AvgIpc) is 2.75. The maximum Gasteiger partial charge on any atom is 0.108 e. The number of aromatic nitrogens is 2. The van der Waals surface area contributed by atoms with Crippen molar-refractivity contribution in [1.29, 1.82) is 0 Å². The minimum absolute atomic E-state index is 0.802. The van der Waals surface area contributed by atoms with Crippen LogP contribution in [0, 0.1) is 0 Å². The van der Waals surface area contributed by atoms with Crippen LogP contribution in [0.1, 0.15) is 0 Å². The van der Waals surface area contributed by atoms with Crippen molar-refractivity contribution in [2.45, 2.75) is 19.6 Å². The topological polar surface area (TPSA) is 17.3 Å². The molecular formula is C16H16BrClN2Si. The van der Waals surface area contributed by atoms with E-state index in [1.807, 2.05) is 34.8 Å². The zero-order valence-corrected chi connectivity index (χ0v) is 15.5. The van der Waals surface area contributed by atoms with E-state index in [0.717, 1.165) is 31.6 Å². The molecule has 0 saturated carbocycles. The van der Waals surface area contributed by atoms with Gasteiger partial charge in [0.2, 0.25) is 0 Å². The van der Waals surface area contributed by atoms with Crippen molar-refractivity contribution in [2.24, 2.45) is 0 Å². The summed E-state index contributed by atoms with van der Waals surface area (Å²) in [6.07, 6.45) is 0. The molecule has 0 saturated heterocycles. The zero-order valence-electron chi connectivity index (χ0n) is 12.2. The molecule has 0 bridgehead atoms. The Hall–Kier alpha value is -1.10. The van der Waals surface area contributed by atoms with Crippen LogP contribution in [0.25, 0.3) is 16.8 Å². The molecule has 2 nitrogen and oxygen atoms in total. The molecule has 0 radical (unpaired) electrons. The first-order valence-electron chi connectivity index (χ1n) is 6.82. The average molecular weight is 380 g/mol. The molecule has 0 unspecified atom stereocenters. The molecule has 1 aromatic carbocycles. The Bertz CT molecular complexity index is 806. The number of hydrogen-bond donors (Lipinski definition) is 0. The summed E-state index contributed by atoms with van der Waals surface area (Å²) in [4.78, 5) is 0. The summed E-state index contributed by atoms with van der Waals surface area (Å²) in [7, 11) is -1.61. The molecule has 2 aromatic heterocycles. The molecule has 5 heteroatoms. The third-order valence-corrected chi connectivity index (χ3v) is 6.59. The number of benzene rings is 1. The molecule has 2 heterocycles. The van der Waals surface area contributed by atoms with Crippen molar-refractivity contribution < 1.29 is 0 Å². The molecule has 3 rings (SSSR count). The summed E-state index contributed by atoms with van der Waals surface area (Å²) < 4.78 is 3.03. The number of nitrogens with zero attached hydrogens (tertiary/aromatic N) is 2. The first-order valence-corrected chi connectivity index (χ1v) is 11.5. The van der Waals surface area contributed by atoms with E-state index < -0.39 is 8.07 Å². The normalized spacial score (nSPS) is 12.0. The Kier molecular flexibility index (Phi) is 3.72. The van der Waals surface area contributed by atoms with Gasteiger partial charge in [-0.15, -0.1) is 0 Å². The summed E-state index contributed by atoms with van der Waals surface area (Å²) in [5.74, 6) is 0. The maximum atomic E-state index is 6.45. The third-order valence-electron chi connectivity index (χ3n) is 3.44. The van der Waals surface area contributed by atoms with Crippen molar-refractivity contribution in [3.8, 4) is 11.3 Å². The highest BCUT2D eigenvalue weighted by molar-refractivity contribution is 9.10. The monoisotopic (exact) mass is 378 g/mol. The molecule has 0 aliphatic heterocycles. The Labute approximate surface area is 138 Å². The van der Waals surface area contributed by atoms with E-state index in [9.17, 15) is 0 Å². The van der Waals surface area contributed by atoms with Crippen LogP contribution < -0.4 is 5.32 Å². The summed E-state index contributed by atoms with van der Waals surface area (Å²) in [5, 5.41) is 6.79. The van der Waals surface area contributed by atoms with Gasteiger partial charge in [-0.2, -0.15) is 5.10 Å². The minimum Gasteiger partial charge on any atom is -0.239 e. The molecular weight excluding hydrogens is 364 g/mol. The van der Waals surface area contributed by atoms with Crippen molar-refractivity contribution in [1.82, 2.24) is 9.61 Å². The summed E-state index contributed by atoms with van der Waals surface area (Å²) in [6, 6.07) is 14.2. The lowest BCUT2D eigenvalue weighted by molar-refractivity contribution is 0.990. The van der Waals surface area contributed by atoms with Gasteiger partial charge in [0.05, 0.1) is 15.0 Å². The van der Waals surface area contributed by atoms with Gasteiger partial charge >= 0.3 is 0 Å². The Morgan fingerprint density at radius 2 is 1.71 bits per heavy atom. The third kappa shape index (κ3) is 2.56. The van der Waals surface area contributed by atoms with Crippen LogP contribution in [0.2, 0.25) is 24.7 Å². The Morgan fingerprint density at radius 1 is 1.05 bits per heavy atom.